The van der Waals surface area contributed by atoms with E-state index >= 15 is 0 Å². The quantitative estimate of drug-likeness (QED) is 0.734. The van der Waals surface area contributed by atoms with E-state index in [0.717, 1.165) is 11.7 Å². The van der Waals surface area contributed by atoms with Gasteiger partial charge in [0.1, 0.15) is 5.75 Å². The molecular formula is C18H29NO. The summed E-state index contributed by atoms with van der Waals surface area (Å²) in [5.41, 5.74) is 1.19. The highest BCUT2D eigenvalue weighted by Crippen LogP contribution is 2.25. The molecule has 1 saturated carbocycles. The summed E-state index contributed by atoms with van der Waals surface area (Å²) in [5, 5.41) is 3.56. The van der Waals surface area contributed by atoms with Crippen LogP contribution in [-0.4, -0.2) is 12.1 Å². The van der Waals surface area contributed by atoms with Crippen molar-refractivity contribution in [3.63, 3.8) is 0 Å². The van der Waals surface area contributed by atoms with Crippen LogP contribution in [0.25, 0.3) is 0 Å². The first-order chi connectivity index (χ1) is 9.63. The second-order valence-electron chi connectivity index (χ2n) is 6.57. The lowest BCUT2D eigenvalue weighted by atomic mass is 10.0. The van der Waals surface area contributed by atoms with Gasteiger partial charge >= 0.3 is 0 Å². The normalized spacial score (nSPS) is 17.4. The molecule has 1 fully saturated rings. The molecule has 1 unspecified atom stereocenters. The first kappa shape index (κ1) is 15.2. The number of anilines is 1. The SMILES string of the molecule is CC(C)CCC(C)Nc1ccc(OC2CCCC2)cc1. The van der Waals surface area contributed by atoms with Gasteiger partial charge in [-0.15, -0.1) is 0 Å². The largest absolute Gasteiger partial charge is 0.490 e. The number of benzene rings is 1. The zero-order valence-corrected chi connectivity index (χ0v) is 13.2. The van der Waals surface area contributed by atoms with Crippen molar-refractivity contribution in [3.05, 3.63) is 24.3 Å². The van der Waals surface area contributed by atoms with E-state index in [0.29, 0.717) is 12.1 Å². The number of ether oxygens (including phenoxy) is 1. The average Bonchev–Trinajstić information content (AvgIpc) is 2.92. The Labute approximate surface area is 123 Å². The van der Waals surface area contributed by atoms with Gasteiger partial charge in [-0.2, -0.15) is 0 Å². The van der Waals surface area contributed by atoms with Gasteiger partial charge in [-0.25, -0.2) is 0 Å². The lowest BCUT2D eigenvalue weighted by Gasteiger charge is -2.17. The highest BCUT2D eigenvalue weighted by atomic mass is 16.5. The minimum absolute atomic E-state index is 0.443. The van der Waals surface area contributed by atoms with Crippen molar-refractivity contribution in [2.75, 3.05) is 5.32 Å². The minimum atomic E-state index is 0.443. The molecule has 0 aliphatic heterocycles. The van der Waals surface area contributed by atoms with Crippen LogP contribution in [-0.2, 0) is 0 Å². The van der Waals surface area contributed by atoms with Crippen molar-refractivity contribution in [2.45, 2.75) is 71.4 Å². The van der Waals surface area contributed by atoms with E-state index in [1.54, 1.807) is 0 Å². The molecule has 0 heterocycles. The smallest absolute Gasteiger partial charge is 0.119 e. The molecule has 1 N–H and O–H groups in total. The summed E-state index contributed by atoms with van der Waals surface area (Å²) < 4.78 is 5.99. The zero-order valence-electron chi connectivity index (χ0n) is 13.2. The summed E-state index contributed by atoms with van der Waals surface area (Å²) in [7, 11) is 0. The molecule has 2 rings (SSSR count). The fraction of sp³-hybridized carbons (Fsp3) is 0.667. The van der Waals surface area contributed by atoms with E-state index < -0.39 is 0 Å². The van der Waals surface area contributed by atoms with Crippen molar-refractivity contribution < 1.29 is 4.74 Å². The molecule has 2 nitrogen and oxygen atoms in total. The Hall–Kier alpha value is -1.18. The van der Waals surface area contributed by atoms with E-state index in [1.807, 2.05) is 0 Å². The number of hydrogen-bond donors (Lipinski definition) is 1. The molecule has 1 aliphatic rings. The van der Waals surface area contributed by atoms with Gasteiger partial charge in [-0.1, -0.05) is 13.8 Å². The molecular weight excluding hydrogens is 246 g/mol. The second kappa shape index (κ2) is 7.56. The van der Waals surface area contributed by atoms with Crippen LogP contribution in [0.4, 0.5) is 5.69 Å². The Morgan fingerprint density at radius 2 is 1.70 bits per heavy atom. The summed E-state index contributed by atoms with van der Waals surface area (Å²) in [6.07, 6.45) is 8.00. The third-order valence-corrected chi connectivity index (χ3v) is 4.05. The molecule has 20 heavy (non-hydrogen) atoms. The summed E-state index contributed by atoms with van der Waals surface area (Å²) in [4.78, 5) is 0. The summed E-state index contributed by atoms with van der Waals surface area (Å²) in [6.45, 7) is 6.81. The fourth-order valence-corrected chi connectivity index (χ4v) is 2.77. The maximum Gasteiger partial charge on any atom is 0.119 e. The van der Waals surface area contributed by atoms with E-state index in [4.69, 9.17) is 4.74 Å². The van der Waals surface area contributed by atoms with Crippen LogP contribution in [0.5, 0.6) is 5.75 Å². The molecule has 1 aromatic carbocycles. The van der Waals surface area contributed by atoms with E-state index in [-0.39, 0.29) is 0 Å². The maximum atomic E-state index is 5.99. The van der Waals surface area contributed by atoms with Crippen molar-refractivity contribution in [2.24, 2.45) is 5.92 Å². The molecule has 0 bridgehead atoms. The van der Waals surface area contributed by atoms with Crippen molar-refractivity contribution in [1.29, 1.82) is 0 Å². The van der Waals surface area contributed by atoms with Gasteiger partial charge in [0.2, 0.25) is 0 Å². The lowest BCUT2D eigenvalue weighted by molar-refractivity contribution is 0.210. The molecule has 112 valence electrons. The number of hydrogen-bond acceptors (Lipinski definition) is 2. The van der Waals surface area contributed by atoms with Crippen LogP contribution in [0.15, 0.2) is 24.3 Å². The Kier molecular flexibility index (Phi) is 5.75. The van der Waals surface area contributed by atoms with Crippen LogP contribution in [0.3, 0.4) is 0 Å². The third kappa shape index (κ3) is 5.07. The number of nitrogens with one attached hydrogen (secondary N) is 1. The van der Waals surface area contributed by atoms with Crippen LogP contribution >= 0.6 is 0 Å². The van der Waals surface area contributed by atoms with E-state index in [1.165, 1.54) is 44.2 Å². The van der Waals surface area contributed by atoms with E-state index in [2.05, 4.69) is 50.4 Å². The van der Waals surface area contributed by atoms with Gasteiger partial charge in [-0.3, -0.25) is 0 Å². The molecule has 0 saturated heterocycles. The highest BCUT2D eigenvalue weighted by Gasteiger charge is 2.16. The molecule has 0 aromatic heterocycles. The zero-order chi connectivity index (χ0) is 14.4. The minimum Gasteiger partial charge on any atom is -0.490 e. The Morgan fingerprint density at radius 1 is 1.05 bits per heavy atom. The summed E-state index contributed by atoms with van der Waals surface area (Å²) in [5.74, 6) is 1.79. The molecule has 1 atom stereocenters. The number of rotatable bonds is 7. The van der Waals surface area contributed by atoms with E-state index in [9.17, 15) is 0 Å². The van der Waals surface area contributed by atoms with Gasteiger partial charge in [0.05, 0.1) is 6.10 Å². The monoisotopic (exact) mass is 275 g/mol. The maximum absolute atomic E-state index is 5.99. The first-order valence-corrected chi connectivity index (χ1v) is 8.16. The van der Waals surface area contributed by atoms with Crippen molar-refractivity contribution in [1.82, 2.24) is 0 Å². The third-order valence-electron chi connectivity index (χ3n) is 4.05. The van der Waals surface area contributed by atoms with Gasteiger partial charge in [0.15, 0.2) is 0 Å². The van der Waals surface area contributed by atoms with Gasteiger partial charge in [-0.05, 0) is 75.6 Å². The fourth-order valence-electron chi connectivity index (χ4n) is 2.77. The van der Waals surface area contributed by atoms with Crippen LogP contribution in [0, 0.1) is 5.92 Å². The Bertz CT molecular complexity index is 379. The molecule has 2 heteroatoms. The van der Waals surface area contributed by atoms with Gasteiger partial charge < -0.3 is 10.1 Å². The molecule has 0 spiro atoms. The first-order valence-electron chi connectivity index (χ1n) is 8.16. The van der Waals surface area contributed by atoms with Gasteiger partial charge in [0.25, 0.3) is 0 Å². The van der Waals surface area contributed by atoms with Gasteiger partial charge in [0, 0.05) is 11.7 Å². The molecule has 0 radical (unpaired) electrons. The van der Waals surface area contributed by atoms with Crippen molar-refractivity contribution >= 4 is 5.69 Å². The van der Waals surface area contributed by atoms with Crippen LogP contribution in [0.1, 0.15) is 59.3 Å². The summed E-state index contributed by atoms with van der Waals surface area (Å²) in [6, 6.07) is 8.98. The van der Waals surface area contributed by atoms with Crippen LogP contribution in [0.2, 0.25) is 0 Å². The Balaban J connectivity index is 1.78. The Morgan fingerprint density at radius 3 is 2.30 bits per heavy atom. The average molecular weight is 275 g/mol. The van der Waals surface area contributed by atoms with Crippen LogP contribution < -0.4 is 10.1 Å². The predicted molar refractivity (Wildman–Crippen MR) is 86.5 cm³/mol. The second-order valence-corrected chi connectivity index (χ2v) is 6.57. The standard InChI is InChI=1S/C18H29NO/c1-14(2)8-9-15(3)19-16-10-12-18(13-11-16)20-17-6-4-5-7-17/h10-15,17,19H,4-9H2,1-3H3. The summed E-state index contributed by atoms with van der Waals surface area (Å²) >= 11 is 0. The highest BCUT2D eigenvalue weighted by molar-refractivity contribution is 5.47. The molecule has 1 aromatic rings. The topological polar surface area (TPSA) is 21.3 Å². The predicted octanol–water partition coefficient (Wildman–Crippen LogP) is 5.24. The van der Waals surface area contributed by atoms with Crippen molar-refractivity contribution in [3.8, 4) is 5.75 Å². The molecule has 0 amide bonds. The molecule has 1 aliphatic carbocycles. The lowest BCUT2D eigenvalue weighted by Crippen LogP contribution is -2.15.